The fourth-order valence-electron chi connectivity index (χ4n) is 5.97. The molecule has 0 heterocycles. The van der Waals surface area contributed by atoms with Crippen molar-refractivity contribution in [2.75, 3.05) is 40.9 Å². The first-order valence-corrected chi connectivity index (χ1v) is 22.7. The molecule has 0 rings (SSSR count). The Balaban J connectivity index is 4.50. The SMILES string of the molecule is CCCCC/C=C\C=C\C(=O)CCCCCCCC(=O)N[C@@H](COP(=O)(O)OCC[N+](C)(C)C)[C@H](O)CCCCCCCCCCCCCCCC. The molecule has 0 aromatic heterocycles. The minimum atomic E-state index is -4.34. The molecule has 0 aromatic carbocycles. The number of nitrogens with one attached hydrogen (secondary N) is 1. The number of carbonyl (C=O) groups excluding carboxylic acids is 2. The molecule has 0 fully saturated rings. The van der Waals surface area contributed by atoms with E-state index in [1.54, 1.807) is 6.08 Å². The van der Waals surface area contributed by atoms with Crippen molar-refractivity contribution in [3.63, 3.8) is 0 Å². The van der Waals surface area contributed by atoms with Gasteiger partial charge in [0, 0.05) is 12.8 Å². The molecule has 0 aliphatic carbocycles. The first kappa shape index (κ1) is 50.6. The minimum absolute atomic E-state index is 0.0529. The van der Waals surface area contributed by atoms with Crippen molar-refractivity contribution in [2.24, 2.45) is 0 Å². The summed E-state index contributed by atoms with van der Waals surface area (Å²) in [4.78, 5) is 35.1. The van der Waals surface area contributed by atoms with Crippen LogP contribution >= 0.6 is 7.82 Å². The van der Waals surface area contributed by atoms with E-state index in [-0.39, 0.29) is 24.9 Å². The summed E-state index contributed by atoms with van der Waals surface area (Å²) in [5.74, 6) is -0.0694. The van der Waals surface area contributed by atoms with Gasteiger partial charge in [-0.1, -0.05) is 154 Å². The van der Waals surface area contributed by atoms with Crippen molar-refractivity contribution in [1.82, 2.24) is 5.32 Å². The summed E-state index contributed by atoms with van der Waals surface area (Å²) in [5, 5.41) is 13.9. The van der Waals surface area contributed by atoms with Crippen LogP contribution in [0.4, 0.5) is 0 Å². The molecule has 0 aliphatic heterocycles. The highest BCUT2D eigenvalue weighted by atomic mass is 31.2. The number of carbonyl (C=O) groups is 2. The number of nitrogens with zero attached hydrogens (tertiary/aromatic N) is 1. The van der Waals surface area contributed by atoms with Gasteiger partial charge in [0.1, 0.15) is 13.2 Å². The maximum Gasteiger partial charge on any atom is 0.472 e. The number of rotatable bonds is 38. The van der Waals surface area contributed by atoms with E-state index in [9.17, 15) is 24.2 Å². The molecule has 0 radical (unpaired) electrons. The summed E-state index contributed by atoms with van der Waals surface area (Å²) < 4.78 is 23.5. The molecule has 0 spiro atoms. The molecule has 52 heavy (non-hydrogen) atoms. The Morgan fingerprint density at radius 1 is 0.692 bits per heavy atom. The lowest BCUT2D eigenvalue weighted by Crippen LogP contribution is -2.46. The molecule has 1 unspecified atom stereocenters. The Morgan fingerprint density at radius 3 is 1.75 bits per heavy atom. The highest BCUT2D eigenvalue weighted by Crippen LogP contribution is 2.43. The molecule has 306 valence electrons. The van der Waals surface area contributed by atoms with Crippen LogP contribution in [0.1, 0.15) is 181 Å². The Bertz CT molecular complexity index is 966. The number of allylic oxidation sites excluding steroid dienone is 4. The lowest BCUT2D eigenvalue weighted by molar-refractivity contribution is -0.870. The quantitative estimate of drug-likeness (QED) is 0.0188. The van der Waals surface area contributed by atoms with Gasteiger partial charge in [-0.25, -0.2) is 4.57 Å². The second-order valence-electron chi connectivity index (χ2n) is 15.8. The average molecular weight is 758 g/mol. The van der Waals surface area contributed by atoms with Gasteiger partial charge >= 0.3 is 7.82 Å². The first-order valence-electron chi connectivity index (χ1n) is 21.2. The summed E-state index contributed by atoms with van der Waals surface area (Å²) >= 11 is 0. The van der Waals surface area contributed by atoms with Crippen LogP contribution in [0.2, 0.25) is 0 Å². The number of aliphatic hydroxyl groups excluding tert-OH is 1. The zero-order valence-electron chi connectivity index (χ0n) is 34.3. The van der Waals surface area contributed by atoms with E-state index in [2.05, 4.69) is 25.2 Å². The molecule has 0 saturated heterocycles. The van der Waals surface area contributed by atoms with E-state index in [0.717, 1.165) is 51.4 Å². The maximum absolute atomic E-state index is 12.8. The van der Waals surface area contributed by atoms with Gasteiger partial charge in [-0.2, -0.15) is 0 Å². The third-order valence-electron chi connectivity index (χ3n) is 9.43. The number of quaternary nitrogens is 1. The van der Waals surface area contributed by atoms with Crippen LogP contribution in [0.25, 0.3) is 0 Å². The van der Waals surface area contributed by atoms with Crippen LogP contribution in [-0.4, -0.2) is 79.2 Å². The minimum Gasteiger partial charge on any atom is -0.391 e. The van der Waals surface area contributed by atoms with Crippen LogP contribution in [0.3, 0.4) is 0 Å². The van der Waals surface area contributed by atoms with E-state index in [0.29, 0.717) is 36.7 Å². The van der Waals surface area contributed by atoms with Gasteiger partial charge in [-0.15, -0.1) is 0 Å². The van der Waals surface area contributed by atoms with E-state index >= 15 is 0 Å². The highest BCUT2D eigenvalue weighted by molar-refractivity contribution is 7.47. The molecule has 3 atom stereocenters. The molecule has 0 bridgehead atoms. The maximum atomic E-state index is 12.8. The fraction of sp³-hybridized carbons (Fsp3) is 0.857. The number of likely N-dealkylation sites (N-methyl/N-ethyl adjacent to an activating group) is 1. The molecule has 0 aromatic rings. The number of phosphoric acid groups is 1. The van der Waals surface area contributed by atoms with E-state index in [4.69, 9.17) is 9.05 Å². The molecular formula is C42H82N2O7P+. The lowest BCUT2D eigenvalue weighted by Gasteiger charge is -2.26. The summed E-state index contributed by atoms with van der Waals surface area (Å²) in [6.45, 7) is 4.72. The number of unbranched alkanes of at least 4 members (excludes halogenated alkanes) is 20. The average Bonchev–Trinajstić information content (AvgIpc) is 3.08. The van der Waals surface area contributed by atoms with Gasteiger partial charge in [0.2, 0.25) is 5.91 Å². The van der Waals surface area contributed by atoms with Crippen LogP contribution in [-0.2, 0) is 23.2 Å². The molecule has 1 amide bonds. The molecule has 0 aliphatic rings. The number of ketones is 1. The Kier molecular flexibility index (Phi) is 33.3. The van der Waals surface area contributed by atoms with E-state index < -0.39 is 20.0 Å². The highest BCUT2D eigenvalue weighted by Gasteiger charge is 2.28. The normalized spacial score (nSPS) is 14.6. The number of hydrogen-bond acceptors (Lipinski definition) is 6. The topological polar surface area (TPSA) is 122 Å². The summed E-state index contributed by atoms with van der Waals surface area (Å²) in [6.07, 6.45) is 34.4. The van der Waals surface area contributed by atoms with Crippen molar-refractivity contribution in [2.45, 2.75) is 193 Å². The number of phosphoric ester groups is 1. The van der Waals surface area contributed by atoms with Crippen molar-refractivity contribution in [1.29, 1.82) is 0 Å². The predicted octanol–water partition coefficient (Wildman–Crippen LogP) is 10.5. The van der Waals surface area contributed by atoms with E-state index in [1.807, 2.05) is 33.3 Å². The third kappa shape index (κ3) is 35.7. The van der Waals surface area contributed by atoms with Gasteiger partial charge < -0.3 is 19.8 Å². The standard InChI is InChI=1S/C42H81N2O7P/c1-6-8-10-12-14-15-16-17-18-19-20-22-26-30-34-41(46)40(38-51-52(48,49)50-37-36-44(3,4)5)43-42(47)35-31-27-23-25-29-33-39(45)32-28-24-21-13-11-9-7-2/h21,24,28,32,40-41,46H,6-20,22-23,25-27,29-31,33-38H2,1-5H3,(H-,43,47,48,49)/p+1/b24-21-,32-28+/t40-,41+/m0/s1. The van der Waals surface area contributed by atoms with Gasteiger partial charge in [-0.05, 0) is 38.2 Å². The number of aliphatic hydroxyl groups is 1. The van der Waals surface area contributed by atoms with Crippen LogP contribution in [0, 0.1) is 0 Å². The number of amides is 1. The Hall–Kier alpha value is -1.35. The van der Waals surface area contributed by atoms with Crippen LogP contribution < -0.4 is 5.32 Å². The Labute approximate surface area is 320 Å². The molecule has 0 saturated carbocycles. The molecule has 9 nitrogen and oxygen atoms in total. The zero-order chi connectivity index (χ0) is 38.8. The first-order chi connectivity index (χ1) is 24.9. The molecular weight excluding hydrogens is 675 g/mol. The van der Waals surface area contributed by atoms with Crippen LogP contribution in [0.15, 0.2) is 24.3 Å². The monoisotopic (exact) mass is 758 g/mol. The number of hydrogen-bond donors (Lipinski definition) is 3. The second-order valence-corrected chi connectivity index (χ2v) is 17.2. The summed E-state index contributed by atoms with van der Waals surface area (Å²) in [6, 6.07) is -0.804. The molecule has 10 heteroatoms. The van der Waals surface area contributed by atoms with Crippen molar-refractivity contribution >= 4 is 19.5 Å². The van der Waals surface area contributed by atoms with Crippen molar-refractivity contribution in [3.8, 4) is 0 Å². The molecule has 3 N–H and O–H groups in total. The summed E-state index contributed by atoms with van der Waals surface area (Å²) in [5.41, 5.74) is 0. The zero-order valence-corrected chi connectivity index (χ0v) is 35.2. The fourth-order valence-corrected chi connectivity index (χ4v) is 6.70. The van der Waals surface area contributed by atoms with E-state index in [1.165, 1.54) is 89.9 Å². The largest absolute Gasteiger partial charge is 0.472 e. The van der Waals surface area contributed by atoms with Gasteiger partial charge in [0.15, 0.2) is 5.78 Å². The van der Waals surface area contributed by atoms with Crippen LogP contribution in [0.5, 0.6) is 0 Å². The smallest absolute Gasteiger partial charge is 0.391 e. The van der Waals surface area contributed by atoms with Gasteiger partial charge in [0.25, 0.3) is 0 Å². The van der Waals surface area contributed by atoms with Gasteiger partial charge in [-0.3, -0.25) is 18.6 Å². The predicted molar refractivity (Wildman–Crippen MR) is 217 cm³/mol. The second kappa shape index (κ2) is 34.2. The van der Waals surface area contributed by atoms with Gasteiger partial charge in [0.05, 0.1) is 39.9 Å². The lowest BCUT2D eigenvalue weighted by atomic mass is 10.0. The third-order valence-corrected chi connectivity index (χ3v) is 10.4. The Morgan fingerprint density at radius 2 is 1.19 bits per heavy atom. The van der Waals surface area contributed by atoms with Crippen molar-refractivity contribution < 1.29 is 37.7 Å². The summed E-state index contributed by atoms with van der Waals surface area (Å²) in [7, 11) is 1.54. The van der Waals surface area contributed by atoms with Crippen molar-refractivity contribution in [3.05, 3.63) is 24.3 Å².